The van der Waals surface area contributed by atoms with Crippen LogP contribution in [0.2, 0.25) is 0 Å². The van der Waals surface area contributed by atoms with Crippen LogP contribution in [0.4, 0.5) is 0 Å². The molecule has 1 atom stereocenters. The van der Waals surface area contributed by atoms with Crippen LogP contribution in [0, 0.1) is 0 Å². The van der Waals surface area contributed by atoms with Gasteiger partial charge in [-0.3, -0.25) is 0 Å². The Balaban J connectivity index is 0.000001000. The number of halogens is 1. The van der Waals surface area contributed by atoms with Crippen LogP contribution < -0.4 is 5.73 Å². The zero-order chi connectivity index (χ0) is 7.61. The predicted octanol–water partition coefficient (Wildman–Crippen LogP) is 0.909. The first-order valence-electron chi connectivity index (χ1n) is 3.66. The zero-order valence-corrected chi connectivity index (χ0v) is 7.82. The Morgan fingerprint density at radius 3 is 2.55 bits per heavy atom. The molecule has 0 aromatic rings. The standard InChI is InChI=1S/C7H15NO2.ClH/c1-7(2)9-5-6(10-7)3-4-8;/h6H,3-5,8H2,1-2H3;1H/t6-;/m0./s1. The number of nitrogens with two attached hydrogens (primary N) is 1. The van der Waals surface area contributed by atoms with E-state index in [1.165, 1.54) is 0 Å². The maximum absolute atomic E-state index is 5.49. The minimum Gasteiger partial charge on any atom is -0.348 e. The highest BCUT2D eigenvalue weighted by molar-refractivity contribution is 5.85. The Labute approximate surface area is 73.6 Å². The Kier molecular flexibility index (Phi) is 4.32. The van der Waals surface area contributed by atoms with Gasteiger partial charge in [-0.1, -0.05) is 0 Å². The molecule has 0 bridgehead atoms. The van der Waals surface area contributed by atoms with Crippen molar-refractivity contribution in [3.8, 4) is 0 Å². The molecular weight excluding hydrogens is 166 g/mol. The molecule has 0 aromatic carbocycles. The van der Waals surface area contributed by atoms with E-state index in [4.69, 9.17) is 15.2 Å². The van der Waals surface area contributed by atoms with Gasteiger partial charge >= 0.3 is 0 Å². The number of rotatable bonds is 2. The summed E-state index contributed by atoms with van der Waals surface area (Å²) in [6, 6.07) is 0. The molecule has 2 N–H and O–H groups in total. The predicted molar refractivity (Wildman–Crippen MR) is 45.8 cm³/mol. The van der Waals surface area contributed by atoms with Crippen LogP contribution in [0.15, 0.2) is 0 Å². The number of hydrogen-bond acceptors (Lipinski definition) is 3. The molecule has 0 aliphatic carbocycles. The largest absolute Gasteiger partial charge is 0.348 e. The van der Waals surface area contributed by atoms with Crippen molar-refractivity contribution in [3.63, 3.8) is 0 Å². The molecule has 0 unspecified atom stereocenters. The molecule has 1 heterocycles. The van der Waals surface area contributed by atoms with Crippen LogP contribution in [0.25, 0.3) is 0 Å². The van der Waals surface area contributed by atoms with Crippen molar-refractivity contribution in [2.24, 2.45) is 5.73 Å². The molecular formula is C7H16ClNO2. The monoisotopic (exact) mass is 181 g/mol. The summed E-state index contributed by atoms with van der Waals surface area (Å²) in [6.07, 6.45) is 1.10. The molecule has 1 rings (SSSR count). The molecule has 1 aliphatic rings. The molecule has 0 spiro atoms. The average molecular weight is 182 g/mol. The molecule has 0 aromatic heterocycles. The van der Waals surface area contributed by atoms with Gasteiger partial charge in [0.25, 0.3) is 0 Å². The van der Waals surface area contributed by atoms with Crippen molar-refractivity contribution in [1.29, 1.82) is 0 Å². The summed E-state index contributed by atoms with van der Waals surface area (Å²) in [5.41, 5.74) is 5.36. The van der Waals surface area contributed by atoms with Gasteiger partial charge in [-0.2, -0.15) is 0 Å². The minimum absolute atomic E-state index is 0. The lowest BCUT2D eigenvalue weighted by molar-refractivity contribution is -0.138. The van der Waals surface area contributed by atoms with Gasteiger partial charge in [-0.15, -0.1) is 12.4 Å². The second kappa shape index (κ2) is 4.26. The first-order chi connectivity index (χ1) is 4.64. The normalized spacial score (nSPS) is 28.1. The molecule has 3 nitrogen and oxygen atoms in total. The second-order valence-corrected chi connectivity index (χ2v) is 3.03. The minimum atomic E-state index is -0.389. The molecule has 0 saturated carbocycles. The lowest BCUT2D eigenvalue weighted by atomic mass is 10.3. The summed E-state index contributed by atoms with van der Waals surface area (Å²) in [5.74, 6) is -0.389. The second-order valence-electron chi connectivity index (χ2n) is 3.03. The highest BCUT2D eigenvalue weighted by atomic mass is 35.5. The summed E-state index contributed by atoms with van der Waals surface area (Å²) >= 11 is 0. The lowest BCUT2D eigenvalue weighted by Gasteiger charge is -2.16. The van der Waals surface area contributed by atoms with Gasteiger partial charge in [0.2, 0.25) is 0 Å². The first-order valence-corrected chi connectivity index (χ1v) is 3.66. The van der Waals surface area contributed by atoms with Crippen molar-refractivity contribution in [2.45, 2.75) is 32.2 Å². The fourth-order valence-electron chi connectivity index (χ4n) is 1.09. The Morgan fingerprint density at radius 2 is 2.18 bits per heavy atom. The van der Waals surface area contributed by atoms with E-state index < -0.39 is 0 Å². The maximum atomic E-state index is 5.49. The van der Waals surface area contributed by atoms with Crippen molar-refractivity contribution in [3.05, 3.63) is 0 Å². The smallest absolute Gasteiger partial charge is 0.163 e. The summed E-state index contributed by atoms with van der Waals surface area (Å²) in [6.45, 7) is 5.20. The highest BCUT2D eigenvalue weighted by Crippen LogP contribution is 2.23. The van der Waals surface area contributed by atoms with Crippen LogP contribution in [0.1, 0.15) is 20.3 Å². The summed E-state index contributed by atoms with van der Waals surface area (Å²) < 4.78 is 10.8. The fourth-order valence-corrected chi connectivity index (χ4v) is 1.09. The van der Waals surface area contributed by atoms with E-state index in [1.807, 2.05) is 13.8 Å². The Hall–Kier alpha value is 0.170. The fraction of sp³-hybridized carbons (Fsp3) is 1.00. The van der Waals surface area contributed by atoms with Gasteiger partial charge in [0.15, 0.2) is 5.79 Å². The van der Waals surface area contributed by atoms with Crippen molar-refractivity contribution in [1.82, 2.24) is 0 Å². The van der Waals surface area contributed by atoms with Gasteiger partial charge in [-0.25, -0.2) is 0 Å². The number of hydrogen-bond donors (Lipinski definition) is 1. The third-order valence-electron chi connectivity index (χ3n) is 1.56. The molecule has 1 aliphatic heterocycles. The summed E-state index contributed by atoms with van der Waals surface area (Å²) in [7, 11) is 0. The zero-order valence-electron chi connectivity index (χ0n) is 7.00. The van der Waals surface area contributed by atoms with Gasteiger partial charge in [0, 0.05) is 0 Å². The summed E-state index contributed by atoms with van der Waals surface area (Å²) in [5, 5.41) is 0. The maximum Gasteiger partial charge on any atom is 0.163 e. The summed E-state index contributed by atoms with van der Waals surface area (Å²) in [4.78, 5) is 0. The molecule has 0 radical (unpaired) electrons. The van der Waals surface area contributed by atoms with Crippen molar-refractivity contribution in [2.75, 3.05) is 13.2 Å². The molecule has 11 heavy (non-hydrogen) atoms. The van der Waals surface area contributed by atoms with Crippen LogP contribution >= 0.6 is 12.4 Å². The van der Waals surface area contributed by atoms with Gasteiger partial charge in [0.1, 0.15) is 0 Å². The van der Waals surface area contributed by atoms with E-state index >= 15 is 0 Å². The van der Waals surface area contributed by atoms with Gasteiger partial charge in [0.05, 0.1) is 12.7 Å². The van der Waals surface area contributed by atoms with E-state index in [9.17, 15) is 0 Å². The topological polar surface area (TPSA) is 44.5 Å². The Morgan fingerprint density at radius 1 is 1.55 bits per heavy atom. The van der Waals surface area contributed by atoms with Crippen LogP contribution in [-0.4, -0.2) is 25.0 Å². The third kappa shape index (κ3) is 3.38. The van der Waals surface area contributed by atoms with E-state index in [1.54, 1.807) is 0 Å². The van der Waals surface area contributed by atoms with Crippen LogP contribution in [0.3, 0.4) is 0 Å². The van der Waals surface area contributed by atoms with Crippen molar-refractivity contribution < 1.29 is 9.47 Å². The van der Waals surface area contributed by atoms with E-state index in [2.05, 4.69) is 0 Å². The van der Waals surface area contributed by atoms with Crippen molar-refractivity contribution >= 4 is 12.4 Å². The quantitative estimate of drug-likeness (QED) is 0.689. The molecule has 1 fully saturated rings. The third-order valence-corrected chi connectivity index (χ3v) is 1.56. The Bertz CT molecular complexity index is 119. The SMILES string of the molecule is CC1(C)OC[C@H](CCN)O1.Cl. The lowest BCUT2D eigenvalue weighted by Crippen LogP contribution is -2.22. The molecule has 1 saturated heterocycles. The molecule has 0 amide bonds. The first kappa shape index (κ1) is 11.2. The van der Waals surface area contributed by atoms with Crippen LogP contribution in [0.5, 0.6) is 0 Å². The van der Waals surface area contributed by atoms with Crippen LogP contribution in [-0.2, 0) is 9.47 Å². The van der Waals surface area contributed by atoms with E-state index in [0.717, 1.165) is 6.42 Å². The molecule has 68 valence electrons. The van der Waals surface area contributed by atoms with E-state index in [-0.39, 0.29) is 24.3 Å². The average Bonchev–Trinajstić information content (AvgIpc) is 2.12. The van der Waals surface area contributed by atoms with Gasteiger partial charge < -0.3 is 15.2 Å². The number of ether oxygens (including phenoxy) is 2. The molecule has 4 heteroatoms. The van der Waals surface area contributed by atoms with Gasteiger partial charge in [-0.05, 0) is 26.8 Å². The van der Waals surface area contributed by atoms with E-state index in [0.29, 0.717) is 13.2 Å². The highest BCUT2D eigenvalue weighted by Gasteiger charge is 2.31.